The summed E-state index contributed by atoms with van der Waals surface area (Å²) in [6.07, 6.45) is 0.540. The standard InChI is InChI=1S/C10H17GeNO2/c1-9(13)14-6-5-10(8-12)7-11(2,3)4/h7H,5-6H2,1-4H3/b10-7-. The van der Waals surface area contributed by atoms with Gasteiger partial charge in [-0.15, -0.1) is 0 Å². The first-order valence-corrected chi connectivity index (χ1v) is 12.1. The first-order valence-electron chi connectivity index (χ1n) is 4.60. The van der Waals surface area contributed by atoms with Crippen molar-refractivity contribution in [2.24, 2.45) is 0 Å². The van der Waals surface area contributed by atoms with Gasteiger partial charge in [-0.05, 0) is 0 Å². The summed E-state index contributed by atoms with van der Waals surface area (Å²) < 4.78 is 4.78. The normalized spacial score (nSPS) is 12.1. The number of hydrogen-bond donors (Lipinski definition) is 0. The van der Waals surface area contributed by atoms with Gasteiger partial charge < -0.3 is 0 Å². The molecule has 0 aromatic carbocycles. The number of rotatable bonds is 4. The van der Waals surface area contributed by atoms with Crippen LogP contribution in [0.25, 0.3) is 0 Å². The molecule has 0 atom stereocenters. The van der Waals surface area contributed by atoms with Gasteiger partial charge in [0.05, 0.1) is 0 Å². The predicted octanol–water partition coefficient (Wildman–Crippen LogP) is 2.27. The molecule has 0 rings (SSSR count). The Morgan fingerprint density at radius 3 is 2.43 bits per heavy atom. The zero-order valence-electron chi connectivity index (χ0n) is 9.26. The van der Waals surface area contributed by atoms with Crippen molar-refractivity contribution in [3.05, 3.63) is 10.5 Å². The Labute approximate surface area is 88.1 Å². The monoisotopic (exact) mass is 257 g/mol. The quantitative estimate of drug-likeness (QED) is 0.440. The van der Waals surface area contributed by atoms with Gasteiger partial charge in [-0.25, -0.2) is 0 Å². The van der Waals surface area contributed by atoms with Gasteiger partial charge in [0.15, 0.2) is 0 Å². The summed E-state index contributed by atoms with van der Waals surface area (Å²) in [4.78, 5) is 12.6. The Hall–Kier alpha value is -0.757. The molecule has 0 radical (unpaired) electrons. The molecule has 0 saturated carbocycles. The van der Waals surface area contributed by atoms with Crippen molar-refractivity contribution < 1.29 is 9.53 Å². The zero-order valence-corrected chi connectivity index (χ0v) is 11.4. The molecule has 0 aliphatic rings. The van der Waals surface area contributed by atoms with Crippen LogP contribution in [-0.2, 0) is 9.53 Å². The second-order valence-electron chi connectivity index (χ2n) is 4.24. The van der Waals surface area contributed by atoms with Crippen LogP contribution >= 0.6 is 0 Å². The molecule has 0 aromatic heterocycles. The third-order valence-corrected chi connectivity index (χ3v) is 3.98. The van der Waals surface area contributed by atoms with E-state index in [1.165, 1.54) is 6.92 Å². The molecule has 0 fully saturated rings. The molecule has 0 saturated heterocycles. The van der Waals surface area contributed by atoms with Crippen molar-refractivity contribution in [2.45, 2.75) is 30.6 Å². The van der Waals surface area contributed by atoms with E-state index < -0.39 is 13.3 Å². The summed E-state index contributed by atoms with van der Waals surface area (Å²) in [7, 11) is 0. The number of ether oxygens (including phenoxy) is 1. The van der Waals surface area contributed by atoms with Crippen molar-refractivity contribution in [1.82, 2.24) is 0 Å². The Bertz CT molecular complexity index is 271. The van der Waals surface area contributed by atoms with Crippen molar-refractivity contribution in [3.63, 3.8) is 0 Å². The van der Waals surface area contributed by atoms with Crippen LogP contribution in [0.4, 0.5) is 0 Å². The summed E-state index contributed by atoms with van der Waals surface area (Å²) >= 11 is -1.81. The summed E-state index contributed by atoms with van der Waals surface area (Å²) in [5.41, 5.74) is 0.749. The van der Waals surface area contributed by atoms with Crippen LogP contribution in [0.1, 0.15) is 13.3 Å². The van der Waals surface area contributed by atoms with Crippen LogP contribution < -0.4 is 0 Å². The van der Waals surface area contributed by atoms with Crippen molar-refractivity contribution in [1.29, 1.82) is 5.26 Å². The van der Waals surface area contributed by atoms with Gasteiger partial charge in [-0.3, -0.25) is 0 Å². The SMILES string of the molecule is CC(=O)OCC/C(C#N)=[CH]/[Ge]([CH3])([CH3])[CH3]. The molecule has 0 aliphatic carbocycles. The van der Waals surface area contributed by atoms with E-state index >= 15 is 0 Å². The Morgan fingerprint density at radius 2 is 2.07 bits per heavy atom. The van der Waals surface area contributed by atoms with Gasteiger partial charge in [0, 0.05) is 0 Å². The minimum atomic E-state index is -1.81. The number of nitrogens with zero attached hydrogens (tertiary/aromatic N) is 1. The Morgan fingerprint density at radius 1 is 1.50 bits per heavy atom. The maximum atomic E-state index is 10.5. The average Bonchev–Trinajstić information content (AvgIpc) is 1.99. The molecule has 78 valence electrons. The van der Waals surface area contributed by atoms with Gasteiger partial charge >= 0.3 is 87.8 Å². The van der Waals surface area contributed by atoms with E-state index in [0.717, 1.165) is 5.57 Å². The molecule has 0 unspecified atom stereocenters. The van der Waals surface area contributed by atoms with E-state index in [2.05, 4.69) is 28.2 Å². The van der Waals surface area contributed by atoms with Crippen LogP contribution in [0.15, 0.2) is 10.5 Å². The van der Waals surface area contributed by atoms with Crippen LogP contribution in [0.3, 0.4) is 0 Å². The van der Waals surface area contributed by atoms with E-state index in [1.54, 1.807) is 0 Å². The van der Waals surface area contributed by atoms with Crippen molar-refractivity contribution >= 4 is 19.2 Å². The fourth-order valence-corrected chi connectivity index (χ4v) is 3.62. The third-order valence-electron chi connectivity index (χ3n) is 1.43. The predicted molar refractivity (Wildman–Crippen MR) is 58.3 cm³/mol. The molecule has 4 heteroatoms. The molecular weight excluding hydrogens is 239 g/mol. The van der Waals surface area contributed by atoms with Gasteiger partial charge in [-0.2, -0.15) is 0 Å². The minimum absolute atomic E-state index is 0.292. The zero-order chi connectivity index (χ0) is 11.2. The van der Waals surface area contributed by atoms with E-state index in [1.807, 2.05) is 0 Å². The number of nitriles is 1. The molecule has 0 aliphatic heterocycles. The topological polar surface area (TPSA) is 50.1 Å². The maximum absolute atomic E-state index is 10.5. The molecule has 0 amide bonds. The second-order valence-corrected chi connectivity index (χ2v) is 14.8. The first-order chi connectivity index (χ1) is 6.35. The Balaban J connectivity index is 4.13. The number of esters is 1. The molecule has 3 nitrogen and oxygen atoms in total. The molecule has 0 spiro atoms. The molecule has 14 heavy (non-hydrogen) atoms. The second kappa shape index (κ2) is 5.87. The van der Waals surface area contributed by atoms with E-state index in [9.17, 15) is 4.79 Å². The van der Waals surface area contributed by atoms with Crippen LogP contribution in [0.5, 0.6) is 0 Å². The summed E-state index contributed by atoms with van der Waals surface area (Å²) in [5, 5.41) is 8.83. The van der Waals surface area contributed by atoms with Crippen LogP contribution in [0, 0.1) is 11.3 Å². The molecular formula is C10H17GeNO2. The van der Waals surface area contributed by atoms with E-state index in [4.69, 9.17) is 10.00 Å². The van der Waals surface area contributed by atoms with Gasteiger partial charge in [0.1, 0.15) is 0 Å². The molecule has 0 N–H and O–H groups in total. The summed E-state index contributed by atoms with van der Waals surface area (Å²) in [6, 6.07) is 2.15. The van der Waals surface area contributed by atoms with Crippen LogP contribution in [0.2, 0.25) is 17.3 Å². The number of carbonyl (C=O) groups excluding carboxylic acids is 1. The van der Waals surface area contributed by atoms with E-state index in [0.29, 0.717) is 13.0 Å². The average molecular weight is 256 g/mol. The fraction of sp³-hybridized carbons (Fsp3) is 0.600. The Kier molecular flexibility index (Phi) is 5.55. The summed E-state index contributed by atoms with van der Waals surface area (Å²) in [6.45, 7) is 1.68. The third kappa shape index (κ3) is 7.87. The van der Waals surface area contributed by atoms with E-state index in [-0.39, 0.29) is 5.97 Å². The molecule has 0 bridgehead atoms. The van der Waals surface area contributed by atoms with Gasteiger partial charge in [-0.1, -0.05) is 0 Å². The van der Waals surface area contributed by atoms with Crippen molar-refractivity contribution in [2.75, 3.05) is 6.61 Å². The fourth-order valence-electron chi connectivity index (χ4n) is 0.988. The van der Waals surface area contributed by atoms with Crippen LogP contribution in [-0.4, -0.2) is 25.8 Å². The first kappa shape index (κ1) is 13.2. The van der Waals surface area contributed by atoms with Crippen molar-refractivity contribution in [3.8, 4) is 6.07 Å². The number of carbonyl (C=O) groups is 1. The molecule has 0 aromatic rings. The van der Waals surface area contributed by atoms with Gasteiger partial charge in [0.2, 0.25) is 0 Å². The molecule has 0 heterocycles. The number of hydrogen-bond acceptors (Lipinski definition) is 3. The van der Waals surface area contributed by atoms with Gasteiger partial charge in [0.25, 0.3) is 0 Å². The summed E-state index contributed by atoms with van der Waals surface area (Å²) in [5.74, 6) is 6.34.